The van der Waals surface area contributed by atoms with Gasteiger partial charge in [0.2, 0.25) is 0 Å². The highest BCUT2D eigenvalue weighted by molar-refractivity contribution is 6.16. The van der Waals surface area contributed by atoms with E-state index in [1.54, 1.807) is 0 Å². The molecule has 0 aliphatic heterocycles. The molecule has 1 aromatic heterocycles. The van der Waals surface area contributed by atoms with Crippen LogP contribution in [0.15, 0.2) is 205 Å². The first-order valence-electron chi connectivity index (χ1n) is 20.5. The van der Waals surface area contributed by atoms with Gasteiger partial charge in [-0.25, -0.2) is 0 Å². The Morgan fingerprint density at radius 2 is 0.983 bits per heavy atom. The van der Waals surface area contributed by atoms with Crippen LogP contribution >= 0.6 is 0 Å². The van der Waals surface area contributed by atoms with Crippen molar-refractivity contribution >= 4 is 71.3 Å². The smallest absolute Gasteiger partial charge is 0.143 e. The highest BCUT2D eigenvalue weighted by Gasteiger charge is 2.36. The lowest BCUT2D eigenvalue weighted by Gasteiger charge is -2.30. The van der Waals surface area contributed by atoms with Crippen LogP contribution in [0.1, 0.15) is 25.0 Å². The van der Waals surface area contributed by atoms with Crippen molar-refractivity contribution in [3.63, 3.8) is 0 Å². The number of rotatable bonds is 5. The van der Waals surface area contributed by atoms with Gasteiger partial charge in [-0.3, -0.25) is 0 Å². The highest BCUT2D eigenvalue weighted by atomic mass is 16.3. The molecular weight excluding hydrogens is 715 g/mol. The van der Waals surface area contributed by atoms with Crippen molar-refractivity contribution in [2.45, 2.75) is 19.3 Å². The fourth-order valence-electron chi connectivity index (χ4n) is 9.84. The van der Waals surface area contributed by atoms with Crippen LogP contribution in [0.5, 0.6) is 0 Å². The molecule has 59 heavy (non-hydrogen) atoms. The molecule has 0 N–H and O–H groups in total. The summed E-state index contributed by atoms with van der Waals surface area (Å²) in [6, 6.07) is 73.3. The first-order valence-corrected chi connectivity index (χ1v) is 20.5. The zero-order valence-corrected chi connectivity index (χ0v) is 32.9. The summed E-state index contributed by atoms with van der Waals surface area (Å²) >= 11 is 0. The maximum absolute atomic E-state index is 6.54. The first-order chi connectivity index (χ1) is 29.0. The summed E-state index contributed by atoms with van der Waals surface area (Å²) in [5, 5.41) is 9.65. The van der Waals surface area contributed by atoms with Gasteiger partial charge in [0, 0.05) is 38.5 Å². The zero-order valence-electron chi connectivity index (χ0n) is 32.9. The summed E-state index contributed by atoms with van der Waals surface area (Å²) in [7, 11) is 0. The number of para-hydroxylation sites is 1. The molecule has 1 heterocycles. The third-order valence-corrected chi connectivity index (χ3v) is 12.8. The molecule has 11 aromatic rings. The minimum atomic E-state index is -0.129. The molecule has 1 aliphatic carbocycles. The first kappa shape index (κ1) is 33.7. The van der Waals surface area contributed by atoms with Gasteiger partial charge in [0.25, 0.3) is 0 Å². The molecule has 10 aromatic carbocycles. The molecule has 12 rings (SSSR count). The lowest BCUT2D eigenvalue weighted by Crippen LogP contribution is -2.16. The van der Waals surface area contributed by atoms with E-state index in [0.717, 1.165) is 55.5 Å². The Kier molecular flexibility index (Phi) is 7.31. The lowest BCUT2D eigenvalue weighted by molar-refractivity contribution is 0.660. The molecule has 2 heteroatoms. The molecule has 0 spiro atoms. The maximum atomic E-state index is 6.54. The van der Waals surface area contributed by atoms with E-state index in [4.69, 9.17) is 4.42 Å². The number of hydrogen-bond donors (Lipinski definition) is 0. The third-order valence-electron chi connectivity index (χ3n) is 12.8. The van der Waals surface area contributed by atoms with Gasteiger partial charge < -0.3 is 9.32 Å². The summed E-state index contributed by atoms with van der Waals surface area (Å²) in [5.74, 6) is 0. The minimum Gasteiger partial charge on any atom is -0.455 e. The van der Waals surface area contributed by atoms with E-state index in [1.165, 1.54) is 60.3 Å². The third kappa shape index (κ3) is 5.20. The topological polar surface area (TPSA) is 16.4 Å². The second-order valence-electron chi connectivity index (χ2n) is 16.5. The molecule has 278 valence electrons. The molecule has 0 radical (unpaired) electrons. The lowest BCUT2D eigenvalue weighted by atomic mass is 9.82. The van der Waals surface area contributed by atoms with E-state index < -0.39 is 0 Å². The Morgan fingerprint density at radius 3 is 1.85 bits per heavy atom. The van der Waals surface area contributed by atoms with Crippen LogP contribution < -0.4 is 4.90 Å². The number of nitrogens with zero attached hydrogens (tertiary/aromatic N) is 1. The largest absolute Gasteiger partial charge is 0.455 e. The van der Waals surface area contributed by atoms with Crippen LogP contribution in [0.2, 0.25) is 0 Å². The van der Waals surface area contributed by atoms with Gasteiger partial charge in [0.15, 0.2) is 0 Å². The molecule has 2 nitrogen and oxygen atoms in total. The van der Waals surface area contributed by atoms with Gasteiger partial charge in [-0.05, 0) is 120 Å². The fraction of sp³-hybridized carbons (Fsp3) is 0.0526. The fourth-order valence-corrected chi connectivity index (χ4v) is 9.84. The number of furan rings is 1. The number of anilines is 3. The molecule has 0 saturated heterocycles. The predicted octanol–water partition coefficient (Wildman–Crippen LogP) is 16.2. The van der Waals surface area contributed by atoms with Crippen molar-refractivity contribution in [2.24, 2.45) is 0 Å². The van der Waals surface area contributed by atoms with Crippen molar-refractivity contribution in [1.82, 2.24) is 0 Å². The van der Waals surface area contributed by atoms with Crippen molar-refractivity contribution in [2.75, 3.05) is 4.90 Å². The molecule has 0 bridgehead atoms. The molecule has 0 atom stereocenters. The van der Waals surface area contributed by atoms with Crippen LogP contribution in [-0.4, -0.2) is 0 Å². The van der Waals surface area contributed by atoms with Crippen LogP contribution in [0.25, 0.3) is 87.6 Å². The summed E-state index contributed by atoms with van der Waals surface area (Å²) in [4.78, 5) is 2.44. The monoisotopic (exact) mass is 753 g/mol. The second-order valence-corrected chi connectivity index (χ2v) is 16.5. The number of fused-ring (bicyclic) bond motifs is 11. The minimum absolute atomic E-state index is 0.129. The average Bonchev–Trinajstić information content (AvgIpc) is 3.78. The molecule has 0 fully saturated rings. The van der Waals surface area contributed by atoms with E-state index in [0.29, 0.717) is 0 Å². The van der Waals surface area contributed by atoms with Gasteiger partial charge in [-0.15, -0.1) is 0 Å². The standard InChI is InChI=1S/C57H39NO/c1-57(2)52-17-9-7-16-48(52)49-31-28-43(35-53(49)57)58(42-26-21-36(22-27-42)39-24-29-45-40(33-39)20-19-37-11-3-5-13-44(37)45)54-18-10-8-14-46(54)41-25-32-55-51(34-41)50-30-23-38-12-4-6-15-47(38)56(50)59-55/h3-35H,1-2H3. The van der Waals surface area contributed by atoms with Crippen molar-refractivity contribution in [3.05, 3.63) is 211 Å². The summed E-state index contributed by atoms with van der Waals surface area (Å²) in [6.45, 7) is 4.71. The summed E-state index contributed by atoms with van der Waals surface area (Å²) in [6.07, 6.45) is 0. The Hall–Kier alpha value is -7.42. The summed E-state index contributed by atoms with van der Waals surface area (Å²) in [5.41, 5.74) is 15.1. The Labute approximate surface area is 343 Å². The molecule has 0 amide bonds. The average molecular weight is 754 g/mol. The Morgan fingerprint density at radius 1 is 0.373 bits per heavy atom. The molecule has 0 unspecified atom stereocenters. The molecular formula is C57H39NO. The van der Waals surface area contributed by atoms with E-state index in [1.807, 2.05) is 0 Å². The van der Waals surface area contributed by atoms with Gasteiger partial charge >= 0.3 is 0 Å². The van der Waals surface area contributed by atoms with Gasteiger partial charge in [-0.1, -0.05) is 159 Å². The van der Waals surface area contributed by atoms with E-state index in [2.05, 4.69) is 219 Å². The van der Waals surface area contributed by atoms with Gasteiger partial charge in [0.1, 0.15) is 11.2 Å². The second kappa shape index (κ2) is 12.8. The quantitative estimate of drug-likeness (QED) is 0.163. The number of hydrogen-bond acceptors (Lipinski definition) is 2. The van der Waals surface area contributed by atoms with E-state index >= 15 is 0 Å². The Balaban J connectivity index is 1.01. The van der Waals surface area contributed by atoms with E-state index in [9.17, 15) is 0 Å². The van der Waals surface area contributed by atoms with Crippen molar-refractivity contribution in [1.29, 1.82) is 0 Å². The zero-order chi connectivity index (χ0) is 39.2. The SMILES string of the molecule is CC1(C)c2ccccc2-c2ccc(N(c3ccc(-c4ccc5c(ccc6ccccc65)c4)cc3)c3ccccc3-c3ccc4oc5c6ccccc6ccc5c4c3)cc21. The number of benzene rings is 10. The van der Waals surface area contributed by atoms with Crippen LogP contribution in [-0.2, 0) is 5.41 Å². The predicted molar refractivity (Wildman–Crippen MR) is 249 cm³/mol. The maximum Gasteiger partial charge on any atom is 0.143 e. The van der Waals surface area contributed by atoms with Crippen LogP contribution in [0, 0.1) is 0 Å². The highest BCUT2D eigenvalue weighted by Crippen LogP contribution is 2.51. The van der Waals surface area contributed by atoms with Crippen LogP contribution in [0.4, 0.5) is 17.1 Å². The summed E-state index contributed by atoms with van der Waals surface area (Å²) < 4.78 is 6.54. The Bertz CT molecular complexity index is 3480. The van der Waals surface area contributed by atoms with E-state index in [-0.39, 0.29) is 5.41 Å². The van der Waals surface area contributed by atoms with Crippen molar-refractivity contribution < 1.29 is 4.42 Å². The normalized spacial score (nSPS) is 13.1. The van der Waals surface area contributed by atoms with Gasteiger partial charge in [0.05, 0.1) is 5.69 Å². The van der Waals surface area contributed by atoms with Gasteiger partial charge in [-0.2, -0.15) is 0 Å². The molecule has 0 saturated carbocycles. The van der Waals surface area contributed by atoms with Crippen molar-refractivity contribution in [3.8, 4) is 33.4 Å². The van der Waals surface area contributed by atoms with Crippen LogP contribution in [0.3, 0.4) is 0 Å². The molecule has 1 aliphatic rings.